The van der Waals surface area contributed by atoms with Crippen LogP contribution in [0.25, 0.3) is 22.1 Å². The van der Waals surface area contributed by atoms with Crippen LogP contribution in [0, 0.1) is 0 Å². The van der Waals surface area contributed by atoms with Gasteiger partial charge < -0.3 is 19.2 Å². The molecule has 0 amide bonds. The number of hydrogen-bond acceptors (Lipinski definition) is 4. The highest BCUT2D eigenvalue weighted by atomic mass is 19.4. The highest BCUT2D eigenvalue weighted by molar-refractivity contribution is 5.83. The number of phenolic OH excluding ortho intramolecular Hbond substituents is 1. The second-order valence-corrected chi connectivity index (χ2v) is 9.01. The Morgan fingerprint density at radius 2 is 1.56 bits per heavy atom. The molecule has 0 aliphatic carbocycles. The van der Waals surface area contributed by atoms with E-state index in [4.69, 9.17) is 9.15 Å². The first-order valence-electron chi connectivity index (χ1n) is 11.9. The molecule has 186 valence electrons. The van der Waals surface area contributed by atoms with Crippen molar-refractivity contribution in [1.29, 1.82) is 0 Å². The molecule has 1 aliphatic rings. The highest BCUT2D eigenvalue weighted by Gasteiger charge is 2.41. The Morgan fingerprint density at radius 1 is 0.889 bits per heavy atom. The summed E-state index contributed by atoms with van der Waals surface area (Å²) in [5.41, 5.74) is 0.798. The summed E-state index contributed by atoms with van der Waals surface area (Å²) in [7, 11) is 0. The number of quaternary nitrogens is 1. The molecule has 36 heavy (non-hydrogen) atoms. The first-order chi connectivity index (χ1) is 17.3. The van der Waals surface area contributed by atoms with Crippen LogP contribution in [0.15, 0.2) is 75.9 Å². The molecule has 0 saturated carbocycles. The van der Waals surface area contributed by atoms with Gasteiger partial charge >= 0.3 is 6.18 Å². The first-order valence-corrected chi connectivity index (χ1v) is 11.9. The van der Waals surface area contributed by atoms with Crippen LogP contribution in [-0.4, -0.2) is 18.2 Å². The molecule has 5 rings (SSSR count). The maximum atomic E-state index is 14.1. The van der Waals surface area contributed by atoms with Crippen LogP contribution in [-0.2, 0) is 12.7 Å². The molecule has 3 aromatic carbocycles. The first kappa shape index (κ1) is 23.9. The Kier molecular flexibility index (Phi) is 6.45. The van der Waals surface area contributed by atoms with Crippen molar-refractivity contribution in [1.82, 2.24) is 0 Å². The van der Waals surface area contributed by atoms with Gasteiger partial charge in [-0.2, -0.15) is 13.2 Å². The molecule has 1 fully saturated rings. The Hall–Kier alpha value is -3.78. The summed E-state index contributed by atoms with van der Waals surface area (Å²) < 4.78 is 53.0. The number of likely N-dealkylation sites (tertiary alicyclic amines) is 1. The number of fused-ring (bicyclic) bond motifs is 1. The maximum absolute atomic E-state index is 14.1. The standard InChI is InChI=1S/C28H24F3NO4/c29-28(30,31)27-26(35-20-11-9-19(10-12-20)18-7-3-1-4-8-18)24(34)21-13-14-23(33)22(25(21)36-27)17-32-15-5-2-6-16-32/h1,3-4,7-14,33H,2,5-6,15-17H2/p+1. The molecule has 1 aliphatic heterocycles. The molecular weight excluding hydrogens is 471 g/mol. The van der Waals surface area contributed by atoms with Crippen LogP contribution < -0.4 is 15.1 Å². The van der Waals surface area contributed by atoms with E-state index in [1.165, 1.54) is 24.3 Å². The van der Waals surface area contributed by atoms with E-state index < -0.39 is 23.1 Å². The van der Waals surface area contributed by atoms with Crippen LogP contribution in [0.2, 0.25) is 0 Å². The number of phenols is 1. The van der Waals surface area contributed by atoms with Gasteiger partial charge in [0.1, 0.15) is 18.0 Å². The predicted molar refractivity (Wildman–Crippen MR) is 129 cm³/mol. The Morgan fingerprint density at radius 3 is 2.22 bits per heavy atom. The predicted octanol–water partition coefficient (Wildman–Crippen LogP) is 5.55. The van der Waals surface area contributed by atoms with E-state index in [1.54, 1.807) is 12.1 Å². The molecule has 1 aromatic heterocycles. The smallest absolute Gasteiger partial charge is 0.453 e. The summed E-state index contributed by atoms with van der Waals surface area (Å²) in [4.78, 5) is 14.4. The summed E-state index contributed by atoms with van der Waals surface area (Å²) in [5.74, 6) is -2.57. The molecule has 1 saturated heterocycles. The Labute approximate surface area is 205 Å². The van der Waals surface area contributed by atoms with Crippen molar-refractivity contribution in [2.24, 2.45) is 0 Å². The summed E-state index contributed by atoms with van der Waals surface area (Å²) in [6, 6.07) is 18.5. The van der Waals surface area contributed by atoms with Crippen LogP contribution >= 0.6 is 0 Å². The molecule has 0 bridgehead atoms. The molecule has 0 spiro atoms. The number of benzene rings is 3. The summed E-state index contributed by atoms with van der Waals surface area (Å²) >= 11 is 0. The molecule has 0 unspecified atom stereocenters. The van der Waals surface area contributed by atoms with Crippen LogP contribution in [0.1, 0.15) is 30.6 Å². The van der Waals surface area contributed by atoms with Crippen molar-refractivity contribution in [2.75, 3.05) is 13.1 Å². The van der Waals surface area contributed by atoms with Crippen molar-refractivity contribution in [3.8, 4) is 28.4 Å². The van der Waals surface area contributed by atoms with Gasteiger partial charge in [0.05, 0.1) is 24.0 Å². The number of hydrogen-bond donors (Lipinski definition) is 2. The SMILES string of the molecule is O=c1c(Oc2ccc(-c3ccccc3)cc2)c(C(F)(F)F)oc2c(C[NH+]3CCCCC3)c(O)ccc12. The van der Waals surface area contributed by atoms with Gasteiger partial charge in [-0.25, -0.2) is 0 Å². The molecule has 2 N–H and O–H groups in total. The minimum Gasteiger partial charge on any atom is -0.507 e. The van der Waals surface area contributed by atoms with E-state index in [2.05, 4.69) is 0 Å². The zero-order valence-electron chi connectivity index (χ0n) is 19.4. The molecule has 4 aromatic rings. The summed E-state index contributed by atoms with van der Waals surface area (Å²) in [5, 5.41) is 10.4. The second-order valence-electron chi connectivity index (χ2n) is 9.01. The van der Waals surface area contributed by atoms with Gasteiger partial charge in [0.25, 0.3) is 5.76 Å². The lowest BCUT2D eigenvalue weighted by Gasteiger charge is -2.24. The summed E-state index contributed by atoms with van der Waals surface area (Å²) in [6.45, 7) is 1.95. The fourth-order valence-electron chi connectivity index (χ4n) is 4.68. The number of rotatable bonds is 5. The largest absolute Gasteiger partial charge is 0.507 e. The number of nitrogens with one attached hydrogen (secondary N) is 1. The van der Waals surface area contributed by atoms with Gasteiger partial charge in [-0.3, -0.25) is 4.79 Å². The van der Waals surface area contributed by atoms with Gasteiger partial charge in [0.2, 0.25) is 11.2 Å². The minimum atomic E-state index is -4.98. The highest BCUT2D eigenvalue weighted by Crippen LogP contribution is 2.40. The second kappa shape index (κ2) is 9.70. The molecule has 8 heteroatoms. The van der Waals surface area contributed by atoms with Gasteiger partial charge in [0, 0.05) is 0 Å². The van der Waals surface area contributed by atoms with Crippen LogP contribution in [0.5, 0.6) is 17.2 Å². The average Bonchev–Trinajstić information content (AvgIpc) is 2.88. The van der Waals surface area contributed by atoms with Gasteiger partial charge in [0.15, 0.2) is 5.58 Å². The lowest BCUT2D eigenvalue weighted by atomic mass is 10.1. The normalized spacial score (nSPS) is 14.8. The monoisotopic (exact) mass is 496 g/mol. The van der Waals surface area contributed by atoms with E-state index in [0.717, 1.165) is 48.4 Å². The topological polar surface area (TPSA) is 64.1 Å². The lowest BCUT2D eigenvalue weighted by molar-refractivity contribution is -0.918. The van der Waals surface area contributed by atoms with Crippen molar-refractivity contribution < 1.29 is 32.3 Å². The number of ether oxygens (including phenoxy) is 1. The zero-order chi connectivity index (χ0) is 25.3. The van der Waals surface area contributed by atoms with Crippen molar-refractivity contribution in [3.63, 3.8) is 0 Å². The third kappa shape index (κ3) is 4.81. The van der Waals surface area contributed by atoms with E-state index in [1.807, 2.05) is 30.3 Å². The Bertz CT molecular complexity index is 1420. The fourth-order valence-corrected chi connectivity index (χ4v) is 4.68. The number of piperidine rings is 1. The molecular formula is C28H25F3NO4+. The fraction of sp³-hybridized carbons (Fsp3) is 0.250. The number of halogens is 3. The third-order valence-corrected chi connectivity index (χ3v) is 6.52. The third-order valence-electron chi connectivity index (χ3n) is 6.52. The Balaban J connectivity index is 1.56. The minimum absolute atomic E-state index is 0.0666. The van der Waals surface area contributed by atoms with E-state index in [9.17, 15) is 23.1 Å². The number of aromatic hydroxyl groups is 1. The van der Waals surface area contributed by atoms with Crippen LogP contribution in [0.4, 0.5) is 13.2 Å². The van der Waals surface area contributed by atoms with E-state index >= 15 is 0 Å². The van der Waals surface area contributed by atoms with E-state index in [-0.39, 0.29) is 34.6 Å². The summed E-state index contributed by atoms with van der Waals surface area (Å²) in [6.07, 6.45) is -1.88. The number of alkyl halides is 3. The molecule has 0 radical (unpaired) electrons. The lowest BCUT2D eigenvalue weighted by Crippen LogP contribution is -3.11. The molecule has 2 heterocycles. The van der Waals surface area contributed by atoms with Crippen molar-refractivity contribution in [3.05, 3.63) is 88.3 Å². The quantitative estimate of drug-likeness (QED) is 0.381. The van der Waals surface area contributed by atoms with Gasteiger partial charge in [-0.05, 0) is 54.7 Å². The van der Waals surface area contributed by atoms with Crippen molar-refractivity contribution >= 4 is 11.0 Å². The zero-order valence-corrected chi connectivity index (χ0v) is 19.4. The molecule has 5 nitrogen and oxygen atoms in total. The maximum Gasteiger partial charge on any atom is 0.453 e. The average molecular weight is 497 g/mol. The molecule has 0 atom stereocenters. The van der Waals surface area contributed by atoms with Crippen LogP contribution in [0.3, 0.4) is 0 Å². The van der Waals surface area contributed by atoms with Crippen molar-refractivity contribution in [2.45, 2.75) is 32.0 Å². The van der Waals surface area contributed by atoms with E-state index in [0.29, 0.717) is 0 Å². The van der Waals surface area contributed by atoms with Gasteiger partial charge in [-0.15, -0.1) is 0 Å². The van der Waals surface area contributed by atoms with Gasteiger partial charge in [-0.1, -0.05) is 42.5 Å².